The van der Waals surface area contributed by atoms with Gasteiger partial charge in [-0.1, -0.05) is 12.0 Å². The van der Waals surface area contributed by atoms with Crippen LogP contribution in [0.1, 0.15) is 39.3 Å². The zero-order valence-corrected chi connectivity index (χ0v) is 17.2. The van der Waals surface area contributed by atoms with E-state index in [2.05, 4.69) is 28.5 Å². The fraction of sp³-hybridized carbons (Fsp3) is 0.500. The second kappa shape index (κ2) is 12.8. The number of hydrogen-bond donors (Lipinski definition) is 2. The van der Waals surface area contributed by atoms with Crippen LogP contribution in [-0.2, 0) is 0 Å². The molecule has 0 bridgehead atoms. The van der Waals surface area contributed by atoms with Crippen LogP contribution in [0.5, 0.6) is 11.5 Å². The first-order chi connectivity index (χ1) is 11.2. The van der Waals surface area contributed by atoms with Crippen LogP contribution in [0.15, 0.2) is 23.2 Å². The molecule has 1 unspecified atom stereocenters. The molecule has 6 heteroatoms. The molecule has 0 spiro atoms. The number of hydrogen-bond acceptors (Lipinski definition) is 3. The highest BCUT2D eigenvalue weighted by Gasteiger charge is 2.12. The minimum atomic E-state index is 0. The predicted octanol–water partition coefficient (Wildman–Crippen LogP) is 3.35. The normalized spacial score (nSPS) is 11.7. The summed E-state index contributed by atoms with van der Waals surface area (Å²) in [6, 6.07) is 6.01. The lowest BCUT2D eigenvalue weighted by molar-refractivity contribution is 0.287. The lowest BCUT2D eigenvalue weighted by Crippen LogP contribution is -2.38. The maximum atomic E-state index is 5.67. The van der Waals surface area contributed by atoms with Crippen molar-refractivity contribution >= 4 is 29.9 Å². The van der Waals surface area contributed by atoms with E-state index in [1.807, 2.05) is 39.0 Å². The number of aliphatic imine (C=N–C) groups is 1. The molecule has 0 amide bonds. The van der Waals surface area contributed by atoms with E-state index in [9.17, 15) is 0 Å². The topological polar surface area (TPSA) is 54.9 Å². The van der Waals surface area contributed by atoms with E-state index >= 15 is 0 Å². The largest absolute Gasteiger partial charge is 0.490 e. The Morgan fingerprint density at radius 1 is 1.21 bits per heavy atom. The van der Waals surface area contributed by atoms with E-state index in [0.29, 0.717) is 25.7 Å². The summed E-state index contributed by atoms with van der Waals surface area (Å²) in [6.07, 6.45) is 5.27. The SMILES string of the molecule is C#CCN=C(NCC)NC(C)c1ccc(OCC)c(OCC)c1.I. The second-order valence-electron chi connectivity index (χ2n) is 4.84. The van der Waals surface area contributed by atoms with E-state index in [4.69, 9.17) is 15.9 Å². The van der Waals surface area contributed by atoms with Gasteiger partial charge in [0.15, 0.2) is 17.5 Å². The van der Waals surface area contributed by atoms with Crippen molar-refractivity contribution in [1.82, 2.24) is 10.6 Å². The fourth-order valence-corrected chi connectivity index (χ4v) is 2.07. The third-order valence-corrected chi connectivity index (χ3v) is 3.09. The summed E-state index contributed by atoms with van der Waals surface area (Å²) in [5, 5.41) is 6.51. The van der Waals surface area contributed by atoms with Crippen molar-refractivity contribution in [2.24, 2.45) is 4.99 Å². The highest BCUT2D eigenvalue weighted by Crippen LogP contribution is 2.30. The monoisotopic (exact) mass is 445 g/mol. The van der Waals surface area contributed by atoms with Crippen LogP contribution < -0.4 is 20.1 Å². The Balaban J connectivity index is 0.00000529. The van der Waals surface area contributed by atoms with E-state index in [-0.39, 0.29) is 30.0 Å². The summed E-state index contributed by atoms with van der Waals surface area (Å²) in [6.45, 7) is 10.3. The van der Waals surface area contributed by atoms with Crippen LogP contribution in [0.4, 0.5) is 0 Å². The minimum absolute atomic E-state index is 0. The van der Waals surface area contributed by atoms with Crippen molar-refractivity contribution in [2.45, 2.75) is 33.7 Å². The number of ether oxygens (including phenoxy) is 2. The number of nitrogens with one attached hydrogen (secondary N) is 2. The van der Waals surface area contributed by atoms with Gasteiger partial charge < -0.3 is 20.1 Å². The van der Waals surface area contributed by atoms with E-state index in [1.54, 1.807) is 0 Å². The number of guanidine groups is 1. The summed E-state index contributed by atoms with van der Waals surface area (Å²) in [5.41, 5.74) is 1.09. The third-order valence-electron chi connectivity index (χ3n) is 3.09. The number of rotatable bonds is 8. The van der Waals surface area contributed by atoms with Crippen LogP contribution in [0.25, 0.3) is 0 Å². The molecule has 5 nitrogen and oxygen atoms in total. The molecule has 0 aliphatic rings. The van der Waals surface area contributed by atoms with Crippen molar-refractivity contribution in [3.8, 4) is 23.8 Å². The Hall–Kier alpha value is -1.62. The Labute approximate surface area is 162 Å². The molecule has 0 fully saturated rings. The molecule has 0 aliphatic carbocycles. The number of nitrogens with zero attached hydrogens (tertiary/aromatic N) is 1. The van der Waals surface area contributed by atoms with Crippen LogP contribution in [0, 0.1) is 12.3 Å². The van der Waals surface area contributed by atoms with Crippen molar-refractivity contribution in [3.05, 3.63) is 23.8 Å². The molecule has 0 aromatic heterocycles. The standard InChI is InChI=1S/C18H27N3O2.HI/c1-6-12-20-18(19-7-2)21-14(5)15-10-11-16(22-8-3)17(13-15)23-9-4;/h1,10-11,13-14H,7-9,12H2,2-5H3,(H2,19,20,21);1H. The molecule has 1 atom stereocenters. The molecule has 0 aliphatic heterocycles. The third kappa shape index (κ3) is 7.30. The molecule has 24 heavy (non-hydrogen) atoms. The fourth-order valence-electron chi connectivity index (χ4n) is 2.07. The zero-order valence-electron chi connectivity index (χ0n) is 14.9. The van der Waals surface area contributed by atoms with Gasteiger partial charge in [-0.2, -0.15) is 0 Å². The number of benzene rings is 1. The Morgan fingerprint density at radius 2 is 1.88 bits per heavy atom. The van der Waals surface area contributed by atoms with Crippen molar-refractivity contribution in [2.75, 3.05) is 26.3 Å². The molecule has 0 saturated carbocycles. The summed E-state index contributed by atoms with van der Waals surface area (Å²) in [7, 11) is 0. The molecule has 0 heterocycles. The first-order valence-corrected chi connectivity index (χ1v) is 8.04. The number of terminal acetylenes is 1. The smallest absolute Gasteiger partial charge is 0.192 e. The quantitative estimate of drug-likeness (QED) is 0.279. The van der Waals surface area contributed by atoms with Crippen molar-refractivity contribution < 1.29 is 9.47 Å². The number of halogens is 1. The predicted molar refractivity (Wildman–Crippen MR) is 111 cm³/mol. The first-order valence-electron chi connectivity index (χ1n) is 8.04. The maximum absolute atomic E-state index is 5.67. The lowest BCUT2D eigenvalue weighted by Gasteiger charge is -2.19. The van der Waals surface area contributed by atoms with Gasteiger partial charge in [0.05, 0.1) is 19.3 Å². The summed E-state index contributed by atoms with van der Waals surface area (Å²) >= 11 is 0. The van der Waals surface area contributed by atoms with Crippen LogP contribution in [0.2, 0.25) is 0 Å². The molecule has 2 N–H and O–H groups in total. The van der Waals surface area contributed by atoms with Gasteiger partial charge >= 0.3 is 0 Å². The summed E-state index contributed by atoms with van der Waals surface area (Å²) in [4.78, 5) is 4.31. The van der Waals surface area contributed by atoms with E-state index < -0.39 is 0 Å². The molecular weight excluding hydrogens is 417 g/mol. The van der Waals surface area contributed by atoms with Gasteiger partial charge in [-0.15, -0.1) is 30.4 Å². The van der Waals surface area contributed by atoms with Gasteiger partial charge in [0.1, 0.15) is 6.54 Å². The molecule has 0 saturated heterocycles. The lowest BCUT2D eigenvalue weighted by atomic mass is 10.1. The highest BCUT2D eigenvalue weighted by atomic mass is 127. The average molecular weight is 445 g/mol. The molecular formula is C18H28IN3O2. The van der Waals surface area contributed by atoms with Gasteiger partial charge in [-0.25, -0.2) is 4.99 Å². The first kappa shape index (κ1) is 22.4. The van der Waals surface area contributed by atoms with Gasteiger partial charge in [-0.05, 0) is 45.4 Å². The van der Waals surface area contributed by atoms with Crippen molar-refractivity contribution in [3.63, 3.8) is 0 Å². The van der Waals surface area contributed by atoms with Gasteiger partial charge in [0, 0.05) is 6.54 Å². The minimum Gasteiger partial charge on any atom is -0.490 e. The van der Waals surface area contributed by atoms with Crippen LogP contribution >= 0.6 is 24.0 Å². The molecule has 1 aromatic rings. The summed E-state index contributed by atoms with van der Waals surface area (Å²) in [5.74, 6) is 4.73. The van der Waals surface area contributed by atoms with E-state index in [0.717, 1.165) is 23.6 Å². The molecule has 1 rings (SSSR count). The summed E-state index contributed by atoms with van der Waals surface area (Å²) < 4.78 is 11.3. The van der Waals surface area contributed by atoms with Crippen LogP contribution in [-0.4, -0.2) is 32.3 Å². The highest BCUT2D eigenvalue weighted by molar-refractivity contribution is 14.0. The molecule has 0 radical (unpaired) electrons. The zero-order chi connectivity index (χ0) is 17.1. The van der Waals surface area contributed by atoms with Crippen molar-refractivity contribution in [1.29, 1.82) is 0 Å². The van der Waals surface area contributed by atoms with Gasteiger partial charge in [0.25, 0.3) is 0 Å². The molecule has 134 valence electrons. The Morgan fingerprint density at radius 3 is 2.46 bits per heavy atom. The Kier molecular flexibility index (Phi) is 11.9. The van der Waals surface area contributed by atoms with Crippen LogP contribution in [0.3, 0.4) is 0 Å². The maximum Gasteiger partial charge on any atom is 0.192 e. The molecule has 1 aromatic carbocycles. The van der Waals surface area contributed by atoms with Gasteiger partial charge in [-0.3, -0.25) is 0 Å². The Bertz CT molecular complexity index is 556. The van der Waals surface area contributed by atoms with E-state index in [1.165, 1.54) is 0 Å². The second-order valence-corrected chi connectivity index (χ2v) is 4.84. The van der Waals surface area contributed by atoms with Gasteiger partial charge in [0.2, 0.25) is 0 Å². The average Bonchev–Trinajstić information content (AvgIpc) is 2.54.